The van der Waals surface area contributed by atoms with Crippen molar-refractivity contribution in [1.29, 1.82) is 0 Å². The number of ether oxygens (including phenoxy) is 1. The van der Waals surface area contributed by atoms with Crippen LogP contribution >= 0.6 is 27.5 Å². The van der Waals surface area contributed by atoms with Crippen LogP contribution in [0.15, 0.2) is 46.9 Å². The van der Waals surface area contributed by atoms with Crippen molar-refractivity contribution in [3.8, 4) is 5.75 Å². The highest BCUT2D eigenvalue weighted by molar-refractivity contribution is 9.10. The third-order valence-electron chi connectivity index (χ3n) is 4.93. The van der Waals surface area contributed by atoms with Crippen LogP contribution in [0.2, 0.25) is 5.02 Å². The maximum Gasteiger partial charge on any atom is 0.261 e. The summed E-state index contributed by atoms with van der Waals surface area (Å²) in [6.07, 6.45) is 0.815. The number of benzene rings is 2. The lowest BCUT2D eigenvalue weighted by Crippen LogP contribution is -2.50. The van der Waals surface area contributed by atoms with E-state index in [4.69, 9.17) is 16.3 Å². The first-order valence-corrected chi connectivity index (χ1v) is 11.1. The molecule has 2 rings (SSSR count). The Bertz CT molecular complexity index is 873. The summed E-state index contributed by atoms with van der Waals surface area (Å²) in [7, 11) is 0. The maximum atomic E-state index is 13.0. The normalized spacial score (nSPS) is 12.7. The van der Waals surface area contributed by atoms with E-state index in [1.807, 2.05) is 45.0 Å². The largest absolute Gasteiger partial charge is 0.484 e. The second-order valence-corrected chi connectivity index (χ2v) is 8.63. The lowest BCUT2D eigenvalue weighted by Gasteiger charge is -2.29. The van der Waals surface area contributed by atoms with Crippen molar-refractivity contribution in [3.05, 3.63) is 63.1 Å². The quantitative estimate of drug-likeness (QED) is 0.525. The fourth-order valence-electron chi connectivity index (χ4n) is 2.77. The zero-order chi connectivity index (χ0) is 22.3. The summed E-state index contributed by atoms with van der Waals surface area (Å²) in [5, 5.41) is 3.57. The topological polar surface area (TPSA) is 58.6 Å². The molecule has 5 nitrogen and oxygen atoms in total. The van der Waals surface area contributed by atoms with Gasteiger partial charge in [-0.1, -0.05) is 46.6 Å². The molecule has 2 aromatic rings. The third-order valence-corrected chi connectivity index (χ3v) is 6.07. The molecule has 0 saturated heterocycles. The van der Waals surface area contributed by atoms with E-state index in [9.17, 15) is 9.59 Å². The average Bonchev–Trinajstić information content (AvgIpc) is 2.73. The summed E-state index contributed by atoms with van der Waals surface area (Å²) in [4.78, 5) is 27.2. The minimum atomic E-state index is -0.641. The van der Waals surface area contributed by atoms with Crippen molar-refractivity contribution >= 4 is 39.3 Å². The van der Waals surface area contributed by atoms with E-state index >= 15 is 0 Å². The van der Waals surface area contributed by atoms with Crippen LogP contribution in [-0.2, 0) is 16.1 Å². The molecule has 7 heteroatoms. The lowest BCUT2D eigenvalue weighted by atomic mass is 10.1. The molecular weight excluding hydrogens is 468 g/mol. The molecule has 1 N–H and O–H groups in total. The summed E-state index contributed by atoms with van der Waals surface area (Å²) in [5.74, 6) is 0.149. The Balaban J connectivity index is 2.15. The molecule has 0 aliphatic rings. The second kappa shape index (κ2) is 11.4. The number of hydrogen-bond donors (Lipinski definition) is 1. The van der Waals surface area contributed by atoms with Crippen molar-refractivity contribution in [3.63, 3.8) is 0 Å². The molecule has 0 aliphatic carbocycles. The van der Waals surface area contributed by atoms with E-state index in [0.29, 0.717) is 10.8 Å². The SMILES string of the molecule is CC[C@@H](C)NC(=O)[C@H](C)N(Cc1ccc(Cl)cc1)C(=O)COc1ccc(Br)c(C)c1. The van der Waals surface area contributed by atoms with Gasteiger partial charge in [-0.05, 0) is 68.7 Å². The van der Waals surface area contributed by atoms with Gasteiger partial charge in [0.2, 0.25) is 5.91 Å². The summed E-state index contributed by atoms with van der Waals surface area (Å²) in [6, 6.07) is 12.2. The van der Waals surface area contributed by atoms with Crippen molar-refractivity contribution in [2.75, 3.05) is 6.61 Å². The van der Waals surface area contributed by atoms with E-state index in [1.54, 1.807) is 25.1 Å². The number of nitrogens with zero attached hydrogens (tertiary/aromatic N) is 1. The minimum absolute atomic E-state index is 0.0365. The van der Waals surface area contributed by atoms with Crippen LogP contribution in [0.5, 0.6) is 5.75 Å². The fraction of sp³-hybridized carbons (Fsp3) is 0.391. The van der Waals surface area contributed by atoms with Crippen LogP contribution in [0.1, 0.15) is 38.3 Å². The number of aryl methyl sites for hydroxylation is 1. The highest BCUT2D eigenvalue weighted by Gasteiger charge is 2.27. The molecule has 0 aliphatic heterocycles. The summed E-state index contributed by atoms with van der Waals surface area (Å²) < 4.78 is 6.68. The van der Waals surface area contributed by atoms with Crippen LogP contribution in [0.25, 0.3) is 0 Å². The number of carbonyl (C=O) groups is 2. The van der Waals surface area contributed by atoms with Gasteiger partial charge in [-0.15, -0.1) is 0 Å². The monoisotopic (exact) mass is 494 g/mol. The molecule has 0 saturated carbocycles. The zero-order valence-electron chi connectivity index (χ0n) is 17.7. The van der Waals surface area contributed by atoms with Crippen LogP contribution < -0.4 is 10.1 Å². The Morgan fingerprint density at radius 3 is 2.43 bits per heavy atom. The first-order valence-electron chi connectivity index (χ1n) is 9.94. The van der Waals surface area contributed by atoms with E-state index in [0.717, 1.165) is 22.0 Å². The third kappa shape index (κ3) is 7.03. The molecular formula is C23H28BrClN2O3. The standard InChI is InChI=1S/C23H28BrClN2O3/c1-5-16(3)26-23(29)17(4)27(13-18-6-8-19(25)9-7-18)22(28)14-30-20-10-11-21(24)15(2)12-20/h6-12,16-17H,5,13-14H2,1-4H3,(H,26,29)/t16-,17+/m1/s1. The van der Waals surface area contributed by atoms with E-state index in [1.165, 1.54) is 4.90 Å². The van der Waals surface area contributed by atoms with Gasteiger partial charge in [-0.3, -0.25) is 9.59 Å². The smallest absolute Gasteiger partial charge is 0.261 e. The van der Waals surface area contributed by atoms with Crippen LogP contribution in [0.3, 0.4) is 0 Å². The number of amides is 2. The van der Waals surface area contributed by atoms with Crippen molar-refractivity contribution in [1.82, 2.24) is 10.2 Å². The minimum Gasteiger partial charge on any atom is -0.484 e. The molecule has 0 aromatic heterocycles. The molecule has 2 atom stereocenters. The van der Waals surface area contributed by atoms with Gasteiger partial charge in [0, 0.05) is 22.1 Å². The van der Waals surface area contributed by atoms with Gasteiger partial charge >= 0.3 is 0 Å². The number of halogens is 2. The zero-order valence-corrected chi connectivity index (χ0v) is 20.1. The summed E-state index contributed by atoms with van der Waals surface area (Å²) >= 11 is 9.42. The molecule has 0 bridgehead atoms. The van der Waals surface area contributed by atoms with Crippen molar-refractivity contribution in [2.45, 2.75) is 52.7 Å². The Kier molecular flexibility index (Phi) is 9.18. The molecule has 0 spiro atoms. The van der Waals surface area contributed by atoms with Gasteiger partial charge in [0.05, 0.1) is 0 Å². The predicted molar refractivity (Wildman–Crippen MR) is 124 cm³/mol. The summed E-state index contributed by atoms with van der Waals surface area (Å²) in [5.41, 5.74) is 1.90. The molecule has 162 valence electrons. The molecule has 0 fully saturated rings. The van der Waals surface area contributed by atoms with Crippen molar-refractivity contribution in [2.24, 2.45) is 0 Å². The second-order valence-electron chi connectivity index (χ2n) is 7.34. The van der Waals surface area contributed by atoms with Crippen molar-refractivity contribution < 1.29 is 14.3 Å². The highest BCUT2D eigenvalue weighted by Crippen LogP contribution is 2.22. The maximum absolute atomic E-state index is 13.0. The fourth-order valence-corrected chi connectivity index (χ4v) is 3.14. The van der Waals surface area contributed by atoms with Gasteiger partial charge in [-0.2, -0.15) is 0 Å². The lowest BCUT2D eigenvalue weighted by molar-refractivity contribution is -0.142. The molecule has 2 aromatic carbocycles. The van der Waals surface area contributed by atoms with Gasteiger partial charge in [-0.25, -0.2) is 0 Å². The Morgan fingerprint density at radius 2 is 1.83 bits per heavy atom. The number of rotatable bonds is 9. The number of carbonyl (C=O) groups excluding carboxylic acids is 2. The van der Waals surface area contributed by atoms with E-state index in [2.05, 4.69) is 21.2 Å². The first kappa shape index (κ1) is 24.2. The Morgan fingerprint density at radius 1 is 1.17 bits per heavy atom. The van der Waals surface area contributed by atoms with Gasteiger partial charge in [0.1, 0.15) is 11.8 Å². The van der Waals surface area contributed by atoms with Crippen LogP contribution in [0, 0.1) is 6.92 Å². The molecule has 30 heavy (non-hydrogen) atoms. The van der Waals surface area contributed by atoms with Gasteiger partial charge in [0.15, 0.2) is 6.61 Å². The van der Waals surface area contributed by atoms with Gasteiger partial charge < -0.3 is 15.0 Å². The highest BCUT2D eigenvalue weighted by atomic mass is 79.9. The summed E-state index contributed by atoms with van der Waals surface area (Å²) in [6.45, 7) is 7.75. The predicted octanol–water partition coefficient (Wildman–Crippen LogP) is 5.12. The average molecular weight is 496 g/mol. The molecule has 2 amide bonds. The van der Waals surface area contributed by atoms with Gasteiger partial charge in [0.25, 0.3) is 5.91 Å². The van der Waals surface area contributed by atoms with E-state index < -0.39 is 6.04 Å². The van der Waals surface area contributed by atoms with Crippen LogP contribution in [-0.4, -0.2) is 35.4 Å². The molecule has 0 unspecified atom stereocenters. The first-order chi connectivity index (χ1) is 14.2. The number of hydrogen-bond acceptors (Lipinski definition) is 3. The Labute approximate surface area is 191 Å². The van der Waals surface area contributed by atoms with Crippen LogP contribution in [0.4, 0.5) is 0 Å². The Hall–Kier alpha value is -2.05. The molecule has 0 heterocycles. The van der Waals surface area contributed by atoms with E-state index in [-0.39, 0.29) is 31.0 Å². The molecule has 0 radical (unpaired) electrons. The number of nitrogens with one attached hydrogen (secondary N) is 1.